The van der Waals surface area contributed by atoms with Crippen LogP contribution in [0.5, 0.6) is 0 Å². The fraction of sp³-hybridized carbons (Fsp3) is 0.800. The van der Waals surface area contributed by atoms with Gasteiger partial charge in [-0.05, 0) is 32.1 Å². The van der Waals surface area contributed by atoms with E-state index in [0.717, 1.165) is 38.8 Å². The molecule has 0 spiro atoms. The van der Waals surface area contributed by atoms with E-state index in [9.17, 15) is 9.59 Å². The third-order valence-corrected chi connectivity index (χ3v) is 2.75. The number of likely N-dealkylation sites (tertiary alicyclic amines) is 1. The van der Waals surface area contributed by atoms with Crippen LogP contribution in [0.3, 0.4) is 0 Å². The number of piperidine rings is 1. The summed E-state index contributed by atoms with van der Waals surface area (Å²) < 4.78 is 0. The number of carbonyl (C=O) groups excluding carboxylic acids is 2. The third kappa shape index (κ3) is 2.25. The Bertz CT molecular complexity index is 243. The Kier molecular flexibility index (Phi) is 2.70. The molecule has 1 N–H and O–H groups in total. The minimum absolute atomic E-state index is 0.274. The molecule has 1 aliphatic carbocycles. The highest BCUT2D eigenvalue weighted by molar-refractivity contribution is 6.35. The van der Waals surface area contributed by atoms with Crippen LogP contribution in [0.2, 0.25) is 0 Å². The van der Waals surface area contributed by atoms with Crippen LogP contribution in [0.15, 0.2) is 0 Å². The van der Waals surface area contributed by atoms with Crippen molar-refractivity contribution >= 4 is 11.8 Å². The standard InChI is InChI=1S/C10H16N2O2/c13-9(11-8-4-5-8)10(14)12-6-2-1-3-7-12/h8H,1-7H2,(H,11,13). The first-order chi connectivity index (χ1) is 6.77. The van der Waals surface area contributed by atoms with Crippen LogP contribution in [0.25, 0.3) is 0 Å². The molecule has 0 atom stereocenters. The average Bonchev–Trinajstić information content (AvgIpc) is 3.02. The normalized spacial score (nSPS) is 21.9. The predicted octanol–water partition coefficient (Wildman–Crippen LogP) is 0.277. The molecule has 0 radical (unpaired) electrons. The molecule has 2 fully saturated rings. The SMILES string of the molecule is O=C(NC1CC1)C(=O)N1CCCCC1. The molecule has 2 rings (SSSR count). The van der Waals surface area contributed by atoms with E-state index in [2.05, 4.69) is 5.32 Å². The van der Waals surface area contributed by atoms with Crippen molar-refractivity contribution in [2.75, 3.05) is 13.1 Å². The second-order valence-electron chi connectivity index (χ2n) is 4.10. The topological polar surface area (TPSA) is 49.4 Å². The molecular weight excluding hydrogens is 180 g/mol. The van der Waals surface area contributed by atoms with Crippen LogP contribution in [0, 0.1) is 0 Å². The fourth-order valence-corrected chi connectivity index (χ4v) is 1.72. The lowest BCUT2D eigenvalue weighted by molar-refractivity contribution is -0.146. The van der Waals surface area contributed by atoms with Gasteiger partial charge in [-0.2, -0.15) is 0 Å². The highest BCUT2D eigenvalue weighted by atomic mass is 16.2. The maximum Gasteiger partial charge on any atom is 0.311 e. The van der Waals surface area contributed by atoms with E-state index < -0.39 is 5.91 Å². The zero-order valence-corrected chi connectivity index (χ0v) is 8.29. The minimum Gasteiger partial charge on any atom is -0.345 e. The minimum atomic E-state index is -0.408. The number of nitrogens with zero attached hydrogens (tertiary/aromatic N) is 1. The Labute approximate surface area is 83.6 Å². The van der Waals surface area contributed by atoms with Crippen molar-refractivity contribution in [1.82, 2.24) is 10.2 Å². The first-order valence-corrected chi connectivity index (χ1v) is 5.37. The van der Waals surface area contributed by atoms with Gasteiger partial charge in [0.2, 0.25) is 0 Å². The van der Waals surface area contributed by atoms with Gasteiger partial charge in [-0.25, -0.2) is 0 Å². The van der Waals surface area contributed by atoms with Crippen LogP contribution < -0.4 is 5.32 Å². The second-order valence-corrected chi connectivity index (χ2v) is 4.10. The number of hydrogen-bond donors (Lipinski definition) is 1. The molecule has 4 heteroatoms. The van der Waals surface area contributed by atoms with Gasteiger partial charge < -0.3 is 10.2 Å². The predicted molar refractivity (Wildman–Crippen MR) is 51.6 cm³/mol. The van der Waals surface area contributed by atoms with E-state index in [1.165, 1.54) is 6.42 Å². The fourth-order valence-electron chi connectivity index (χ4n) is 1.72. The Hall–Kier alpha value is -1.06. The van der Waals surface area contributed by atoms with Crippen molar-refractivity contribution in [3.63, 3.8) is 0 Å². The molecule has 2 aliphatic rings. The average molecular weight is 196 g/mol. The van der Waals surface area contributed by atoms with Gasteiger partial charge in [0.1, 0.15) is 0 Å². The van der Waals surface area contributed by atoms with Gasteiger partial charge in [-0.1, -0.05) is 0 Å². The van der Waals surface area contributed by atoms with Gasteiger partial charge >= 0.3 is 11.8 Å². The molecule has 0 bridgehead atoms. The summed E-state index contributed by atoms with van der Waals surface area (Å²) in [5.74, 6) is -0.744. The van der Waals surface area contributed by atoms with Gasteiger partial charge in [0, 0.05) is 19.1 Å². The summed E-state index contributed by atoms with van der Waals surface area (Å²) in [6.45, 7) is 1.49. The van der Waals surface area contributed by atoms with Crippen LogP contribution >= 0.6 is 0 Å². The van der Waals surface area contributed by atoms with Crippen molar-refractivity contribution in [2.45, 2.75) is 38.1 Å². The van der Waals surface area contributed by atoms with E-state index >= 15 is 0 Å². The zero-order valence-electron chi connectivity index (χ0n) is 8.29. The molecule has 0 aromatic heterocycles. The summed E-state index contributed by atoms with van der Waals surface area (Å²) in [6.07, 6.45) is 5.29. The van der Waals surface area contributed by atoms with Crippen LogP contribution in [-0.2, 0) is 9.59 Å². The maximum absolute atomic E-state index is 11.6. The lowest BCUT2D eigenvalue weighted by atomic mass is 10.1. The van der Waals surface area contributed by atoms with Gasteiger partial charge in [-0.15, -0.1) is 0 Å². The molecule has 78 valence electrons. The van der Waals surface area contributed by atoms with Crippen molar-refractivity contribution in [1.29, 1.82) is 0 Å². The van der Waals surface area contributed by atoms with Gasteiger partial charge in [0.05, 0.1) is 0 Å². The lowest BCUT2D eigenvalue weighted by Gasteiger charge is -2.25. The molecule has 0 unspecified atom stereocenters. The molecule has 0 aromatic carbocycles. The van der Waals surface area contributed by atoms with E-state index in [-0.39, 0.29) is 11.9 Å². The Balaban J connectivity index is 1.82. The van der Waals surface area contributed by atoms with Gasteiger partial charge in [0.15, 0.2) is 0 Å². The van der Waals surface area contributed by atoms with E-state index in [0.29, 0.717) is 0 Å². The molecule has 4 nitrogen and oxygen atoms in total. The third-order valence-electron chi connectivity index (χ3n) is 2.75. The molecule has 14 heavy (non-hydrogen) atoms. The summed E-state index contributed by atoms with van der Waals surface area (Å²) in [7, 11) is 0. The molecule has 0 aromatic rings. The number of rotatable bonds is 1. The molecule has 1 aliphatic heterocycles. The lowest BCUT2D eigenvalue weighted by Crippen LogP contribution is -2.45. The maximum atomic E-state index is 11.6. The first-order valence-electron chi connectivity index (χ1n) is 5.37. The van der Waals surface area contributed by atoms with Gasteiger partial charge in [-0.3, -0.25) is 9.59 Å². The van der Waals surface area contributed by atoms with Gasteiger partial charge in [0.25, 0.3) is 0 Å². The molecule has 2 amide bonds. The van der Waals surface area contributed by atoms with Crippen LogP contribution in [0.1, 0.15) is 32.1 Å². The quantitative estimate of drug-likeness (QED) is 0.612. The molecule has 1 saturated carbocycles. The van der Waals surface area contributed by atoms with Crippen LogP contribution in [-0.4, -0.2) is 35.8 Å². The Morgan fingerprint density at radius 1 is 1.07 bits per heavy atom. The Morgan fingerprint density at radius 3 is 2.29 bits per heavy atom. The number of hydrogen-bond acceptors (Lipinski definition) is 2. The Morgan fingerprint density at radius 2 is 1.71 bits per heavy atom. The molecule has 1 heterocycles. The van der Waals surface area contributed by atoms with E-state index in [4.69, 9.17) is 0 Å². The zero-order chi connectivity index (χ0) is 9.97. The van der Waals surface area contributed by atoms with Crippen molar-refractivity contribution in [2.24, 2.45) is 0 Å². The summed E-state index contributed by atoms with van der Waals surface area (Å²) in [5, 5.41) is 2.72. The van der Waals surface area contributed by atoms with E-state index in [1.807, 2.05) is 0 Å². The smallest absolute Gasteiger partial charge is 0.311 e. The van der Waals surface area contributed by atoms with Crippen LogP contribution in [0.4, 0.5) is 0 Å². The number of amides is 2. The molecular formula is C10H16N2O2. The molecule has 1 saturated heterocycles. The first kappa shape index (κ1) is 9.49. The summed E-state index contributed by atoms with van der Waals surface area (Å²) >= 11 is 0. The van der Waals surface area contributed by atoms with Crippen molar-refractivity contribution in [3.05, 3.63) is 0 Å². The van der Waals surface area contributed by atoms with E-state index in [1.54, 1.807) is 4.90 Å². The summed E-state index contributed by atoms with van der Waals surface area (Å²) in [5.41, 5.74) is 0. The summed E-state index contributed by atoms with van der Waals surface area (Å²) in [6, 6.07) is 0.274. The number of carbonyl (C=O) groups is 2. The van der Waals surface area contributed by atoms with Crippen molar-refractivity contribution < 1.29 is 9.59 Å². The monoisotopic (exact) mass is 196 g/mol. The largest absolute Gasteiger partial charge is 0.345 e. The van der Waals surface area contributed by atoms with Crippen molar-refractivity contribution in [3.8, 4) is 0 Å². The highest BCUT2D eigenvalue weighted by Crippen LogP contribution is 2.18. The second kappa shape index (κ2) is 3.98. The summed E-state index contributed by atoms with van der Waals surface area (Å²) in [4.78, 5) is 24.6. The highest BCUT2D eigenvalue weighted by Gasteiger charge is 2.29. The number of nitrogens with one attached hydrogen (secondary N) is 1.